The summed E-state index contributed by atoms with van der Waals surface area (Å²) in [7, 11) is 0. The summed E-state index contributed by atoms with van der Waals surface area (Å²) in [6, 6.07) is 0. The van der Waals surface area contributed by atoms with Crippen LogP contribution in [0.4, 0.5) is 0 Å². The number of ketones is 2. The first kappa shape index (κ1) is 25.5. The number of hydrogen-bond donors (Lipinski definition) is 0. The van der Waals surface area contributed by atoms with Gasteiger partial charge in [0.05, 0.1) is 25.5 Å². The molecule has 0 aromatic carbocycles. The first-order valence-electron chi connectivity index (χ1n) is 14.0. The van der Waals surface area contributed by atoms with E-state index >= 15 is 0 Å². The number of carbonyl (C=O) groups excluding carboxylic acids is 5. The number of nitrogens with zero attached hydrogens (tertiary/aromatic N) is 1. The number of esters is 2. The molecule has 6 aliphatic rings. The fourth-order valence-corrected chi connectivity index (χ4v) is 9.14. The molecule has 0 aromatic rings. The SMILES string of the molecule is CC1=CC(=O)C2C(C)C(=O)C3C(C)(C=C4N(CC5CC(C)C(=O)O5)C(=O)CCC4(C)C34COC(=O)C4)C2C1. The molecule has 3 saturated heterocycles. The molecule has 9 atom stereocenters. The van der Waals surface area contributed by atoms with Gasteiger partial charge in [-0.25, -0.2) is 0 Å². The van der Waals surface area contributed by atoms with Gasteiger partial charge in [0.1, 0.15) is 11.9 Å². The monoisotopic (exact) mass is 523 g/mol. The van der Waals surface area contributed by atoms with E-state index < -0.39 is 40.1 Å². The fraction of sp³-hybridized carbons (Fsp3) is 0.700. The molecule has 1 spiro atoms. The summed E-state index contributed by atoms with van der Waals surface area (Å²) in [6.45, 7) is 10.1. The molecule has 0 aromatic heterocycles. The highest BCUT2D eigenvalue weighted by molar-refractivity contribution is 6.00. The summed E-state index contributed by atoms with van der Waals surface area (Å²) in [4.78, 5) is 67.8. The number of amides is 1. The molecule has 3 heterocycles. The van der Waals surface area contributed by atoms with E-state index in [9.17, 15) is 24.0 Å². The molecule has 4 fully saturated rings. The van der Waals surface area contributed by atoms with Crippen molar-refractivity contribution in [1.82, 2.24) is 4.90 Å². The maximum atomic E-state index is 14.3. The Morgan fingerprint density at radius 1 is 1.11 bits per heavy atom. The van der Waals surface area contributed by atoms with E-state index in [1.165, 1.54) is 0 Å². The largest absolute Gasteiger partial charge is 0.465 e. The first-order valence-corrected chi connectivity index (χ1v) is 14.0. The summed E-state index contributed by atoms with van der Waals surface area (Å²) in [5.74, 6) is -2.37. The molecule has 0 N–H and O–H groups in total. The lowest BCUT2D eigenvalue weighted by molar-refractivity contribution is -0.175. The van der Waals surface area contributed by atoms with E-state index in [0.717, 1.165) is 11.3 Å². The minimum absolute atomic E-state index is 0.0118. The van der Waals surface area contributed by atoms with Crippen LogP contribution in [-0.2, 0) is 33.4 Å². The van der Waals surface area contributed by atoms with Crippen molar-refractivity contribution in [2.75, 3.05) is 13.2 Å². The van der Waals surface area contributed by atoms with Gasteiger partial charge in [-0.1, -0.05) is 39.3 Å². The highest BCUT2D eigenvalue weighted by Crippen LogP contribution is 2.71. The van der Waals surface area contributed by atoms with Gasteiger partial charge >= 0.3 is 11.9 Å². The topological polar surface area (TPSA) is 107 Å². The van der Waals surface area contributed by atoms with Crippen molar-refractivity contribution < 1.29 is 33.4 Å². The number of hydrogen-bond acceptors (Lipinski definition) is 7. The van der Waals surface area contributed by atoms with E-state index in [1.54, 1.807) is 11.0 Å². The Kier molecular flexibility index (Phi) is 5.45. The smallest absolute Gasteiger partial charge is 0.309 e. The van der Waals surface area contributed by atoms with Crippen molar-refractivity contribution in [1.29, 1.82) is 0 Å². The second-order valence-corrected chi connectivity index (χ2v) is 13.3. The number of carbonyl (C=O) groups is 5. The van der Waals surface area contributed by atoms with Crippen LogP contribution in [0, 0.1) is 45.8 Å². The molecule has 6 rings (SSSR count). The number of fused-ring (bicyclic) bond motifs is 6. The predicted octanol–water partition coefficient (Wildman–Crippen LogP) is 3.39. The highest BCUT2D eigenvalue weighted by Gasteiger charge is 2.73. The summed E-state index contributed by atoms with van der Waals surface area (Å²) >= 11 is 0. The van der Waals surface area contributed by atoms with Gasteiger partial charge in [0, 0.05) is 46.1 Å². The van der Waals surface area contributed by atoms with Gasteiger partial charge in [-0.05, 0) is 38.2 Å². The van der Waals surface area contributed by atoms with Gasteiger partial charge < -0.3 is 14.4 Å². The van der Waals surface area contributed by atoms with E-state index in [1.807, 2.05) is 20.8 Å². The second kappa shape index (κ2) is 8.12. The predicted molar refractivity (Wildman–Crippen MR) is 135 cm³/mol. The highest BCUT2D eigenvalue weighted by atomic mass is 16.6. The van der Waals surface area contributed by atoms with Crippen LogP contribution in [0.25, 0.3) is 0 Å². The normalized spacial score (nSPS) is 46.2. The Bertz CT molecular complexity index is 1230. The number of Topliss-reactive ketones (excluding diaryl/α,β-unsaturated/α-hetero) is 1. The summed E-state index contributed by atoms with van der Waals surface area (Å²) < 4.78 is 11.3. The zero-order chi connectivity index (χ0) is 27.4. The maximum absolute atomic E-state index is 14.3. The van der Waals surface area contributed by atoms with Crippen LogP contribution < -0.4 is 0 Å². The lowest BCUT2D eigenvalue weighted by Gasteiger charge is -2.65. The third-order valence-electron chi connectivity index (χ3n) is 11.1. The molecule has 9 unspecified atom stereocenters. The molecule has 3 aliphatic carbocycles. The van der Waals surface area contributed by atoms with Crippen molar-refractivity contribution in [2.45, 2.75) is 72.8 Å². The number of cyclic esters (lactones) is 2. The zero-order valence-corrected chi connectivity index (χ0v) is 22.9. The van der Waals surface area contributed by atoms with Gasteiger partial charge in [0.15, 0.2) is 5.78 Å². The average Bonchev–Trinajstić information content (AvgIpc) is 3.38. The number of rotatable bonds is 2. The summed E-state index contributed by atoms with van der Waals surface area (Å²) in [6.07, 6.45) is 5.49. The Hall–Kier alpha value is -2.77. The van der Waals surface area contributed by atoms with Crippen molar-refractivity contribution in [3.8, 4) is 0 Å². The minimum atomic E-state index is -0.823. The molecule has 0 radical (unpaired) electrons. The Balaban J connectivity index is 1.54. The van der Waals surface area contributed by atoms with Crippen LogP contribution in [0.3, 0.4) is 0 Å². The maximum Gasteiger partial charge on any atom is 0.309 e. The van der Waals surface area contributed by atoms with Crippen LogP contribution in [-0.4, -0.2) is 53.6 Å². The fourth-order valence-electron chi connectivity index (χ4n) is 9.14. The van der Waals surface area contributed by atoms with E-state index in [4.69, 9.17) is 9.47 Å². The van der Waals surface area contributed by atoms with E-state index in [2.05, 4.69) is 19.9 Å². The third kappa shape index (κ3) is 3.18. The number of ether oxygens (including phenoxy) is 2. The molecule has 8 nitrogen and oxygen atoms in total. The van der Waals surface area contributed by atoms with Crippen LogP contribution >= 0.6 is 0 Å². The van der Waals surface area contributed by atoms with Crippen molar-refractivity contribution >= 4 is 29.4 Å². The van der Waals surface area contributed by atoms with Crippen molar-refractivity contribution in [2.24, 2.45) is 45.8 Å². The Morgan fingerprint density at radius 3 is 2.47 bits per heavy atom. The van der Waals surface area contributed by atoms with E-state index in [0.29, 0.717) is 19.3 Å². The molecule has 1 saturated carbocycles. The first-order chi connectivity index (χ1) is 17.8. The van der Waals surface area contributed by atoms with Crippen LogP contribution in [0.2, 0.25) is 0 Å². The molecule has 3 aliphatic heterocycles. The lowest BCUT2D eigenvalue weighted by atomic mass is 9.37. The van der Waals surface area contributed by atoms with Crippen LogP contribution in [0.15, 0.2) is 23.4 Å². The third-order valence-corrected chi connectivity index (χ3v) is 11.1. The van der Waals surface area contributed by atoms with E-state index in [-0.39, 0.29) is 67.2 Å². The molecule has 8 heteroatoms. The van der Waals surface area contributed by atoms with Gasteiger partial charge in [-0.3, -0.25) is 24.0 Å². The summed E-state index contributed by atoms with van der Waals surface area (Å²) in [5, 5.41) is 0. The molecule has 0 bridgehead atoms. The quantitative estimate of drug-likeness (QED) is 0.511. The molecule has 204 valence electrons. The molecule has 38 heavy (non-hydrogen) atoms. The van der Waals surface area contributed by atoms with Gasteiger partial charge in [-0.15, -0.1) is 0 Å². The van der Waals surface area contributed by atoms with Gasteiger partial charge in [0.25, 0.3) is 0 Å². The molecular formula is C30H37NO7. The number of likely N-dealkylation sites (tertiary alicyclic amines) is 1. The Morgan fingerprint density at radius 2 is 1.84 bits per heavy atom. The average molecular weight is 524 g/mol. The van der Waals surface area contributed by atoms with Crippen molar-refractivity contribution in [3.63, 3.8) is 0 Å². The zero-order valence-electron chi connectivity index (χ0n) is 22.9. The standard InChI is InChI=1S/C30H37NO7/c1-15-8-19-24(20(32)9-15)17(3)25(35)26-28(19,4)11-21-29(5,30(26)12-23(34)37-14-30)7-6-22(33)31(21)13-18-10-16(2)27(36)38-18/h9,11,16-19,24,26H,6-8,10,12-14H2,1-5H3. The minimum Gasteiger partial charge on any atom is -0.465 e. The Labute approximate surface area is 223 Å². The molecular weight excluding hydrogens is 486 g/mol. The molecule has 1 amide bonds. The van der Waals surface area contributed by atoms with Crippen LogP contribution in [0.5, 0.6) is 0 Å². The second-order valence-electron chi connectivity index (χ2n) is 13.3. The lowest BCUT2D eigenvalue weighted by Crippen LogP contribution is -2.68. The summed E-state index contributed by atoms with van der Waals surface area (Å²) in [5.41, 5.74) is -0.465. The van der Waals surface area contributed by atoms with Gasteiger partial charge in [-0.2, -0.15) is 0 Å². The van der Waals surface area contributed by atoms with Crippen molar-refractivity contribution in [3.05, 3.63) is 23.4 Å². The number of piperidine rings is 1. The van der Waals surface area contributed by atoms with Gasteiger partial charge in [0.2, 0.25) is 5.91 Å². The number of allylic oxidation sites excluding steroid dienone is 4. The van der Waals surface area contributed by atoms with Crippen LogP contribution in [0.1, 0.15) is 66.7 Å².